The van der Waals surface area contributed by atoms with Crippen molar-refractivity contribution in [2.45, 2.75) is 65.2 Å². The molecule has 0 aromatic carbocycles. The molecule has 1 N–H and O–H groups in total. The van der Waals surface area contributed by atoms with Crippen LogP contribution in [-0.2, 0) is 14.4 Å². The molecule has 0 fully saturated rings. The smallest absolute Gasteiger partial charge is 0.303 e. The van der Waals surface area contributed by atoms with E-state index < -0.39 is 11.9 Å². The molecule has 0 bridgehead atoms. The van der Waals surface area contributed by atoms with Crippen LogP contribution in [-0.4, -0.2) is 23.1 Å². The second kappa shape index (κ2) is 14.6. The Balaban J connectivity index is 4.52. The minimum atomic E-state index is -0.804. The highest BCUT2D eigenvalue weighted by Gasteiger charge is 2.16. The van der Waals surface area contributed by atoms with Gasteiger partial charge in [0, 0.05) is 17.9 Å². The van der Waals surface area contributed by atoms with Gasteiger partial charge in [-0.2, -0.15) is 0 Å². The van der Waals surface area contributed by atoms with Gasteiger partial charge < -0.3 is 5.11 Å². The summed E-state index contributed by atoms with van der Waals surface area (Å²) in [6, 6.07) is 0. The summed E-state index contributed by atoms with van der Waals surface area (Å²) in [5.41, 5.74) is 0.490. The van der Waals surface area contributed by atoms with E-state index >= 15 is 0 Å². The van der Waals surface area contributed by atoms with E-state index in [0.717, 1.165) is 19.1 Å². The van der Waals surface area contributed by atoms with Crippen LogP contribution in [0.3, 0.4) is 0 Å². The minimum absolute atomic E-state index is 0.0390. The van der Waals surface area contributed by atoms with Crippen molar-refractivity contribution in [1.82, 2.24) is 0 Å². The van der Waals surface area contributed by atoms with Crippen LogP contribution >= 0.6 is 0 Å². The summed E-state index contributed by atoms with van der Waals surface area (Å²) in [6.07, 6.45) is 16.4. The third-order valence-electron chi connectivity index (χ3n) is 3.73. The number of carbonyl (C=O) groups excluding carboxylic acids is 2. The number of carboxylic acid groups (broad SMARTS) is 1. The average molecular weight is 334 g/mol. The van der Waals surface area contributed by atoms with Crippen LogP contribution in [0.15, 0.2) is 36.0 Å². The zero-order valence-corrected chi connectivity index (χ0v) is 14.9. The first-order chi connectivity index (χ1) is 11.5. The van der Waals surface area contributed by atoms with Gasteiger partial charge in [-0.05, 0) is 39.0 Å². The molecule has 4 heteroatoms. The molecule has 0 saturated heterocycles. The predicted octanol–water partition coefficient (Wildman–Crippen LogP) is 4.65. The quantitative estimate of drug-likeness (QED) is 0.165. The third kappa shape index (κ3) is 11.6. The molecule has 0 aliphatic heterocycles. The molecular weight excluding hydrogens is 304 g/mol. The number of aldehydes is 1. The molecule has 0 heterocycles. The number of hydrogen-bond donors (Lipinski definition) is 1. The second-order valence-electron chi connectivity index (χ2n) is 5.86. The van der Waals surface area contributed by atoms with E-state index in [1.54, 1.807) is 6.08 Å². The summed E-state index contributed by atoms with van der Waals surface area (Å²) in [5, 5.41) is 8.56. The van der Waals surface area contributed by atoms with E-state index in [0.29, 0.717) is 24.8 Å². The molecule has 0 aliphatic rings. The lowest BCUT2D eigenvalue weighted by Gasteiger charge is -2.10. The number of ketones is 1. The van der Waals surface area contributed by atoms with E-state index in [-0.39, 0.29) is 12.2 Å². The van der Waals surface area contributed by atoms with E-state index in [4.69, 9.17) is 5.11 Å². The fourth-order valence-electron chi connectivity index (χ4n) is 2.28. The first-order valence-corrected chi connectivity index (χ1v) is 8.72. The normalized spacial score (nSPS) is 13.5. The maximum absolute atomic E-state index is 11.8. The molecule has 1 unspecified atom stereocenters. The van der Waals surface area contributed by atoms with Crippen LogP contribution in [0, 0.1) is 5.92 Å². The molecule has 0 amide bonds. The van der Waals surface area contributed by atoms with E-state index in [1.807, 2.05) is 24.3 Å². The van der Waals surface area contributed by atoms with Gasteiger partial charge in [0.2, 0.25) is 0 Å². The molecule has 0 spiro atoms. The molecule has 0 aliphatic carbocycles. The van der Waals surface area contributed by atoms with Crippen LogP contribution < -0.4 is 0 Å². The van der Waals surface area contributed by atoms with Crippen molar-refractivity contribution < 1.29 is 19.5 Å². The monoisotopic (exact) mass is 334 g/mol. The second-order valence-corrected chi connectivity index (χ2v) is 5.86. The minimum Gasteiger partial charge on any atom is -0.481 e. The number of unbranched alkanes of at least 4 members (excludes halogenated alkanes) is 4. The van der Waals surface area contributed by atoms with Crippen molar-refractivity contribution in [3.05, 3.63) is 36.0 Å². The number of Topliss-reactive ketones (excluding diaryl/α,β-unsaturated/α-hetero) is 1. The fourth-order valence-corrected chi connectivity index (χ4v) is 2.28. The number of rotatable bonds is 14. The number of aliphatic carboxylic acids is 1. The Morgan fingerprint density at radius 2 is 1.75 bits per heavy atom. The topological polar surface area (TPSA) is 71.4 Å². The summed E-state index contributed by atoms with van der Waals surface area (Å²) in [4.78, 5) is 33.5. The molecule has 24 heavy (non-hydrogen) atoms. The van der Waals surface area contributed by atoms with Gasteiger partial charge in [0.15, 0.2) is 0 Å². The predicted molar refractivity (Wildman–Crippen MR) is 96.8 cm³/mol. The Hall–Kier alpha value is -1.97. The molecule has 4 nitrogen and oxygen atoms in total. The van der Waals surface area contributed by atoms with E-state index in [1.165, 1.54) is 19.8 Å². The Morgan fingerprint density at radius 1 is 1.04 bits per heavy atom. The first-order valence-electron chi connectivity index (χ1n) is 8.72. The summed E-state index contributed by atoms with van der Waals surface area (Å²) < 4.78 is 0. The highest BCUT2D eigenvalue weighted by Crippen LogP contribution is 2.16. The van der Waals surface area contributed by atoms with Crippen LogP contribution in [0.1, 0.15) is 65.2 Å². The van der Waals surface area contributed by atoms with Crippen LogP contribution in [0.25, 0.3) is 0 Å². The molecule has 0 aromatic heterocycles. The van der Waals surface area contributed by atoms with Crippen LogP contribution in [0.4, 0.5) is 0 Å². The molecule has 134 valence electrons. The number of allylic oxidation sites excluding steroid dienone is 6. The summed E-state index contributed by atoms with van der Waals surface area (Å²) >= 11 is 0. The SMILES string of the molecule is CCCCCC=CC=C(C=O)C(CC=CCCCC(=O)O)C(C)=O. The largest absolute Gasteiger partial charge is 0.481 e. The average Bonchev–Trinajstić information content (AvgIpc) is 2.54. The Morgan fingerprint density at radius 3 is 2.33 bits per heavy atom. The third-order valence-corrected chi connectivity index (χ3v) is 3.73. The molecule has 0 aromatic rings. The number of carboxylic acids is 1. The lowest BCUT2D eigenvalue weighted by Crippen LogP contribution is -2.14. The van der Waals surface area contributed by atoms with Crippen molar-refractivity contribution in [3.63, 3.8) is 0 Å². The van der Waals surface area contributed by atoms with E-state index in [2.05, 4.69) is 6.92 Å². The van der Waals surface area contributed by atoms with Gasteiger partial charge in [0.1, 0.15) is 12.1 Å². The lowest BCUT2D eigenvalue weighted by atomic mass is 9.92. The maximum atomic E-state index is 11.8. The van der Waals surface area contributed by atoms with Crippen molar-refractivity contribution >= 4 is 18.0 Å². The highest BCUT2D eigenvalue weighted by atomic mass is 16.4. The van der Waals surface area contributed by atoms with Crippen molar-refractivity contribution in [3.8, 4) is 0 Å². The van der Waals surface area contributed by atoms with Crippen molar-refractivity contribution in [2.75, 3.05) is 0 Å². The van der Waals surface area contributed by atoms with Gasteiger partial charge in [-0.15, -0.1) is 0 Å². The van der Waals surface area contributed by atoms with Crippen LogP contribution in [0.2, 0.25) is 0 Å². The Kier molecular flexibility index (Phi) is 13.4. The standard InChI is InChI=1S/C20H30O4/c1-3-4-5-6-7-10-13-18(16-21)19(17(2)22)14-11-8-9-12-15-20(23)24/h7-8,10-11,13,16,19H,3-6,9,12,14-15H2,1-2H3,(H,23,24). The Bertz CT molecular complexity index is 472. The van der Waals surface area contributed by atoms with Gasteiger partial charge >= 0.3 is 5.97 Å². The van der Waals surface area contributed by atoms with Gasteiger partial charge in [-0.1, -0.05) is 50.1 Å². The highest BCUT2D eigenvalue weighted by molar-refractivity contribution is 5.90. The van der Waals surface area contributed by atoms with Gasteiger partial charge in [0.05, 0.1) is 0 Å². The number of carbonyl (C=O) groups is 3. The van der Waals surface area contributed by atoms with Crippen molar-refractivity contribution in [1.29, 1.82) is 0 Å². The van der Waals surface area contributed by atoms with Gasteiger partial charge in [-0.3, -0.25) is 14.4 Å². The zero-order valence-electron chi connectivity index (χ0n) is 14.9. The molecule has 0 radical (unpaired) electrons. The number of hydrogen-bond acceptors (Lipinski definition) is 3. The van der Waals surface area contributed by atoms with Gasteiger partial charge in [0.25, 0.3) is 0 Å². The fraction of sp³-hybridized carbons (Fsp3) is 0.550. The first kappa shape index (κ1) is 22.0. The summed E-state index contributed by atoms with van der Waals surface area (Å²) in [7, 11) is 0. The van der Waals surface area contributed by atoms with Gasteiger partial charge in [-0.25, -0.2) is 0 Å². The van der Waals surface area contributed by atoms with Crippen molar-refractivity contribution in [2.24, 2.45) is 5.92 Å². The Labute approximate surface area is 145 Å². The molecule has 0 saturated carbocycles. The summed E-state index contributed by atoms with van der Waals surface area (Å²) in [5.74, 6) is -1.27. The lowest BCUT2D eigenvalue weighted by molar-refractivity contribution is -0.137. The van der Waals surface area contributed by atoms with Crippen LogP contribution in [0.5, 0.6) is 0 Å². The molecule has 1 atom stereocenters. The van der Waals surface area contributed by atoms with E-state index in [9.17, 15) is 14.4 Å². The zero-order chi connectivity index (χ0) is 18.2. The molecular formula is C20H30O4. The maximum Gasteiger partial charge on any atom is 0.303 e. The molecule has 0 rings (SSSR count). The summed E-state index contributed by atoms with van der Waals surface area (Å²) in [6.45, 7) is 3.64.